The minimum Gasteiger partial charge on any atom is -0.409 e. The normalized spacial score (nSPS) is 18.1. The number of hydrogen-bond donors (Lipinski definition) is 2. The summed E-state index contributed by atoms with van der Waals surface area (Å²) in [5.74, 6) is 0.117. The predicted molar refractivity (Wildman–Crippen MR) is 76.4 cm³/mol. The molecule has 98 valence electrons. The predicted octanol–water partition coefficient (Wildman–Crippen LogP) is 1.30. The fourth-order valence-electron chi connectivity index (χ4n) is 2.03. The van der Waals surface area contributed by atoms with Crippen molar-refractivity contribution in [2.75, 3.05) is 38.1 Å². The summed E-state index contributed by atoms with van der Waals surface area (Å²) in [5, 5.41) is 11.7. The number of benzene rings is 1. The van der Waals surface area contributed by atoms with Crippen LogP contribution in [0, 0.1) is 0 Å². The van der Waals surface area contributed by atoms with Crippen molar-refractivity contribution in [2.45, 2.75) is 0 Å². The highest BCUT2D eigenvalue weighted by molar-refractivity contribution is 9.10. The van der Waals surface area contributed by atoms with Crippen LogP contribution < -0.4 is 10.6 Å². The van der Waals surface area contributed by atoms with Gasteiger partial charge in [-0.3, -0.25) is 0 Å². The Morgan fingerprint density at radius 2 is 2.00 bits per heavy atom. The van der Waals surface area contributed by atoms with Crippen LogP contribution in [0.3, 0.4) is 0 Å². The lowest BCUT2D eigenvalue weighted by Crippen LogP contribution is -2.44. The van der Waals surface area contributed by atoms with Crippen molar-refractivity contribution in [3.8, 4) is 0 Å². The fourth-order valence-corrected chi connectivity index (χ4v) is 2.60. The van der Waals surface area contributed by atoms with Gasteiger partial charge in [0.1, 0.15) is 0 Å². The van der Waals surface area contributed by atoms with Crippen LogP contribution in [0.4, 0.5) is 5.69 Å². The van der Waals surface area contributed by atoms with Gasteiger partial charge >= 0.3 is 0 Å². The Bertz CT molecular complexity index is 455. The van der Waals surface area contributed by atoms with Gasteiger partial charge in [0.15, 0.2) is 5.84 Å². The summed E-state index contributed by atoms with van der Waals surface area (Å²) in [7, 11) is 2.13. The van der Waals surface area contributed by atoms with Gasteiger partial charge < -0.3 is 20.7 Å². The molecule has 1 aliphatic rings. The molecule has 0 saturated carbocycles. The standard InChI is InChI=1S/C12H17BrN4O/c1-16-4-6-17(7-5-16)9-2-3-10(11(13)8-9)12(14)15-18/h2-3,8,18H,4-7H2,1H3,(H2,14,15). The van der Waals surface area contributed by atoms with Crippen molar-refractivity contribution in [1.82, 2.24) is 4.90 Å². The quantitative estimate of drug-likeness (QED) is 0.374. The first-order valence-electron chi connectivity index (χ1n) is 5.83. The first-order chi connectivity index (χ1) is 8.61. The second-order valence-electron chi connectivity index (χ2n) is 4.44. The molecule has 0 amide bonds. The van der Waals surface area contributed by atoms with E-state index in [-0.39, 0.29) is 5.84 Å². The number of likely N-dealkylation sites (N-methyl/N-ethyl adjacent to an activating group) is 1. The molecule has 1 aliphatic heterocycles. The summed E-state index contributed by atoms with van der Waals surface area (Å²) in [5.41, 5.74) is 7.45. The molecular weight excluding hydrogens is 296 g/mol. The minimum atomic E-state index is 0.117. The zero-order chi connectivity index (χ0) is 13.1. The maximum absolute atomic E-state index is 8.69. The Hall–Kier alpha value is -1.27. The Morgan fingerprint density at radius 1 is 1.33 bits per heavy atom. The maximum Gasteiger partial charge on any atom is 0.171 e. The third-order valence-corrected chi connectivity index (χ3v) is 3.86. The summed E-state index contributed by atoms with van der Waals surface area (Å²) in [4.78, 5) is 4.65. The smallest absolute Gasteiger partial charge is 0.171 e. The van der Waals surface area contributed by atoms with Crippen molar-refractivity contribution in [2.24, 2.45) is 10.9 Å². The molecule has 1 saturated heterocycles. The van der Waals surface area contributed by atoms with E-state index < -0.39 is 0 Å². The van der Waals surface area contributed by atoms with Crippen LogP contribution in [0.2, 0.25) is 0 Å². The molecule has 18 heavy (non-hydrogen) atoms. The maximum atomic E-state index is 8.69. The van der Waals surface area contributed by atoms with Gasteiger partial charge in [0.2, 0.25) is 0 Å². The summed E-state index contributed by atoms with van der Waals surface area (Å²) >= 11 is 3.46. The molecule has 6 heteroatoms. The number of piperazine rings is 1. The van der Waals surface area contributed by atoms with E-state index in [9.17, 15) is 0 Å². The van der Waals surface area contributed by atoms with Crippen LogP contribution in [-0.2, 0) is 0 Å². The SMILES string of the molecule is CN1CCN(c2ccc(/C(N)=N/O)c(Br)c2)CC1. The van der Waals surface area contributed by atoms with Gasteiger partial charge in [-0.2, -0.15) is 0 Å². The molecule has 0 bridgehead atoms. The van der Waals surface area contributed by atoms with Crippen molar-refractivity contribution in [3.05, 3.63) is 28.2 Å². The van der Waals surface area contributed by atoms with E-state index in [1.807, 2.05) is 18.2 Å². The molecule has 0 atom stereocenters. The summed E-state index contributed by atoms with van der Waals surface area (Å²) in [6, 6.07) is 5.88. The highest BCUT2D eigenvalue weighted by Crippen LogP contribution is 2.24. The zero-order valence-corrected chi connectivity index (χ0v) is 11.9. The fraction of sp³-hybridized carbons (Fsp3) is 0.417. The number of hydrogen-bond acceptors (Lipinski definition) is 4. The topological polar surface area (TPSA) is 65.1 Å². The van der Waals surface area contributed by atoms with Crippen LogP contribution in [0.1, 0.15) is 5.56 Å². The third kappa shape index (κ3) is 2.76. The first-order valence-corrected chi connectivity index (χ1v) is 6.62. The molecular formula is C12H17BrN4O. The van der Waals surface area contributed by atoms with Crippen molar-refractivity contribution < 1.29 is 5.21 Å². The van der Waals surface area contributed by atoms with E-state index in [1.165, 1.54) is 0 Å². The first kappa shape index (κ1) is 13.2. The summed E-state index contributed by atoms with van der Waals surface area (Å²) < 4.78 is 0.842. The van der Waals surface area contributed by atoms with Gasteiger partial charge in [0, 0.05) is 41.9 Å². The molecule has 1 heterocycles. The van der Waals surface area contributed by atoms with E-state index in [4.69, 9.17) is 10.9 Å². The lowest BCUT2D eigenvalue weighted by Gasteiger charge is -2.34. The third-order valence-electron chi connectivity index (χ3n) is 3.20. The highest BCUT2D eigenvalue weighted by Gasteiger charge is 2.15. The number of amidine groups is 1. The van der Waals surface area contributed by atoms with Gasteiger partial charge in [-0.1, -0.05) is 5.16 Å². The second kappa shape index (κ2) is 5.58. The van der Waals surface area contributed by atoms with E-state index >= 15 is 0 Å². The number of rotatable bonds is 2. The number of halogens is 1. The van der Waals surface area contributed by atoms with E-state index in [2.05, 4.69) is 37.9 Å². The number of nitrogens with zero attached hydrogens (tertiary/aromatic N) is 3. The van der Waals surface area contributed by atoms with Crippen molar-refractivity contribution in [1.29, 1.82) is 0 Å². The molecule has 0 aliphatic carbocycles. The lowest BCUT2D eigenvalue weighted by molar-refractivity contribution is 0.313. The Morgan fingerprint density at radius 3 is 2.56 bits per heavy atom. The Labute approximate surface area is 115 Å². The summed E-state index contributed by atoms with van der Waals surface area (Å²) in [6.45, 7) is 4.18. The van der Waals surface area contributed by atoms with Crippen molar-refractivity contribution >= 4 is 27.5 Å². The molecule has 3 N–H and O–H groups in total. The van der Waals surface area contributed by atoms with Crippen LogP contribution in [0.25, 0.3) is 0 Å². The minimum absolute atomic E-state index is 0.117. The molecule has 0 aromatic heterocycles. The second-order valence-corrected chi connectivity index (χ2v) is 5.29. The molecule has 5 nitrogen and oxygen atoms in total. The zero-order valence-electron chi connectivity index (χ0n) is 10.3. The van der Waals surface area contributed by atoms with Crippen LogP contribution in [0.5, 0.6) is 0 Å². The largest absolute Gasteiger partial charge is 0.409 e. The highest BCUT2D eigenvalue weighted by atomic mass is 79.9. The molecule has 1 fully saturated rings. The molecule has 1 aromatic rings. The number of oxime groups is 1. The Balaban J connectivity index is 2.19. The average Bonchev–Trinajstić information content (AvgIpc) is 2.38. The van der Waals surface area contributed by atoms with Crippen LogP contribution >= 0.6 is 15.9 Å². The molecule has 0 radical (unpaired) electrons. The monoisotopic (exact) mass is 312 g/mol. The Kier molecular flexibility index (Phi) is 4.08. The summed E-state index contributed by atoms with van der Waals surface area (Å²) in [6.07, 6.45) is 0. The molecule has 0 unspecified atom stereocenters. The van der Waals surface area contributed by atoms with Gasteiger partial charge in [0.25, 0.3) is 0 Å². The van der Waals surface area contributed by atoms with E-state index in [0.717, 1.165) is 36.3 Å². The van der Waals surface area contributed by atoms with Gasteiger partial charge in [-0.05, 0) is 41.2 Å². The van der Waals surface area contributed by atoms with Crippen LogP contribution in [-0.4, -0.2) is 49.2 Å². The number of anilines is 1. The lowest BCUT2D eigenvalue weighted by atomic mass is 10.1. The molecule has 0 spiro atoms. The van der Waals surface area contributed by atoms with E-state index in [1.54, 1.807) is 0 Å². The van der Waals surface area contributed by atoms with Gasteiger partial charge in [-0.25, -0.2) is 0 Å². The molecule has 1 aromatic carbocycles. The van der Waals surface area contributed by atoms with Gasteiger partial charge in [-0.15, -0.1) is 0 Å². The van der Waals surface area contributed by atoms with Crippen molar-refractivity contribution in [3.63, 3.8) is 0 Å². The van der Waals surface area contributed by atoms with E-state index in [0.29, 0.717) is 5.56 Å². The van der Waals surface area contributed by atoms with Crippen LogP contribution in [0.15, 0.2) is 27.8 Å². The average molecular weight is 313 g/mol. The van der Waals surface area contributed by atoms with Gasteiger partial charge in [0.05, 0.1) is 0 Å². The number of nitrogens with two attached hydrogens (primary N) is 1. The molecule has 2 rings (SSSR count).